The molecule has 27 heavy (non-hydrogen) atoms. The zero-order chi connectivity index (χ0) is 18.6. The first kappa shape index (κ1) is 17.5. The molecule has 4 rings (SSSR count). The Morgan fingerprint density at radius 1 is 1.11 bits per heavy atom. The van der Waals surface area contributed by atoms with Gasteiger partial charge in [-0.15, -0.1) is 0 Å². The highest BCUT2D eigenvalue weighted by Crippen LogP contribution is 2.11. The largest absolute Gasteiger partial charge is 0.459 e. The van der Waals surface area contributed by atoms with Crippen LogP contribution in [0.25, 0.3) is 10.9 Å². The average molecular weight is 366 g/mol. The van der Waals surface area contributed by atoms with Gasteiger partial charge in [0.2, 0.25) is 0 Å². The molecule has 2 aromatic heterocycles. The number of H-pyrrole nitrogens is 1. The molecule has 7 heteroatoms. The molecule has 1 aromatic carbocycles. The van der Waals surface area contributed by atoms with Crippen molar-refractivity contribution >= 4 is 16.8 Å². The van der Waals surface area contributed by atoms with Crippen LogP contribution in [0.3, 0.4) is 0 Å². The smallest absolute Gasteiger partial charge is 0.289 e. The van der Waals surface area contributed by atoms with Crippen LogP contribution < -0.4 is 5.56 Å². The molecule has 1 aliphatic heterocycles. The van der Waals surface area contributed by atoms with Gasteiger partial charge in [0, 0.05) is 32.6 Å². The van der Waals surface area contributed by atoms with Crippen molar-refractivity contribution in [3.8, 4) is 0 Å². The first-order valence-electron chi connectivity index (χ1n) is 9.24. The van der Waals surface area contributed by atoms with Crippen LogP contribution in [0.15, 0.2) is 51.9 Å². The molecule has 140 valence electrons. The maximum atomic E-state index is 12.3. The van der Waals surface area contributed by atoms with E-state index < -0.39 is 0 Å². The normalized spacial score (nSPS) is 15.3. The van der Waals surface area contributed by atoms with Gasteiger partial charge in [-0.1, -0.05) is 12.1 Å². The summed E-state index contributed by atoms with van der Waals surface area (Å²) in [6, 6.07) is 10.8. The topological polar surface area (TPSA) is 82.4 Å². The van der Waals surface area contributed by atoms with E-state index in [4.69, 9.17) is 4.42 Å². The number of aromatic nitrogens is 2. The number of carbonyl (C=O) groups is 1. The molecule has 0 unspecified atom stereocenters. The number of furan rings is 1. The number of nitrogens with zero attached hydrogens (tertiary/aromatic N) is 3. The minimum Gasteiger partial charge on any atom is -0.459 e. The highest BCUT2D eigenvalue weighted by molar-refractivity contribution is 5.91. The Labute approximate surface area is 156 Å². The molecule has 1 saturated heterocycles. The van der Waals surface area contributed by atoms with E-state index in [-0.39, 0.29) is 11.5 Å². The lowest BCUT2D eigenvalue weighted by Gasteiger charge is -2.34. The molecule has 3 aromatic rings. The number of fused-ring (bicyclic) bond motifs is 1. The third kappa shape index (κ3) is 3.93. The van der Waals surface area contributed by atoms with E-state index in [1.165, 1.54) is 6.26 Å². The van der Waals surface area contributed by atoms with Crippen LogP contribution in [0.1, 0.15) is 22.8 Å². The average Bonchev–Trinajstić information content (AvgIpc) is 3.23. The van der Waals surface area contributed by atoms with E-state index >= 15 is 0 Å². The zero-order valence-electron chi connectivity index (χ0n) is 15.1. The van der Waals surface area contributed by atoms with Crippen LogP contribution in [-0.2, 0) is 6.42 Å². The van der Waals surface area contributed by atoms with Crippen LogP contribution in [-0.4, -0.2) is 58.4 Å². The molecule has 1 fully saturated rings. The predicted molar refractivity (Wildman–Crippen MR) is 102 cm³/mol. The van der Waals surface area contributed by atoms with Crippen LogP contribution in [0.4, 0.5) is 0 Å². The molecule has 3 heterocycles. The lowest BCUT2D eigenvalue weighted by Crippen LogP contribution is -2.48. The minimum absolute atomic E-state index is 0.0439. The van der Waals surface area contributed by atoms with Gasteiger partial charge in [-0.05, 0) is 37.2 Å². The molecule has 1 aliphatic rings. The van der Waals surface area contributed by atoms with Crippen LogP contribution >= 0.6 is 0 Å². The monoisotopic (exact) mass is 366 g/mol. The van der Waals surface area contributed by atoms with Gasteiger partial charge in [0.15, 0.2) is 5.76 Å². The molecule has 0 spiro atoms. The number of rotatable bonds is 5. The molecule has 0 aliphatic carbocycles. The quantitative estimate of drug-likeness (QED) is 0.746. The summed E-state index contributed by atoms with van der Waals surface area (Å²) in [5.41, 5.74) is 0.655. The third-order valence-corrected chi connectivity index (χ3v) is 4.94. The van der Waals surface area contributed by atoms with Crippen molar-refractivity contribution in [3.63, 3.8) is 0 Å². The molecule has 0 bridgehead atoms. The van der Waals surface area contributed by atoms with E-state index in [1.54, 1.807) is 18.2 Å². The van der Waals surface area contributed by atoms with E-state index in [0.29, 0.717) is 24.2 Å². The number of aromatic amines is 1. The number of hydrogen-bond donors (Lipinski definition) is 1. The van der Waals surface area contributed by atoms with Gasteiger partial charge in [0.05, 0.1) is 17.2 Å². The second kappa shape index (κ2) is 7.75. The Morgan fingerprint density at radius 3 is 2.70 bits per heavy atom. The molecule has 1 amide bonds. The number of carbonyl (C=O) groups excluding carboxylic acids is 1. The SMILES string of the molecule is O=C(c1ccco1)N1CCN(CCCc2nc3ccccc3c(=O)[nH]2)CC1. The van der Waals surface area contributed by atoms with Crippen molar-refractivity contribution in [2.75, 3.05) is 32.7 Å². The van der Waals surface area contributed by atoms with Crippen LogP contribution in [0.2, 0.25) is 0 Å². The Balaban J connectivity index is 1.27. The maximum Gasteiger partial charge on any atom is 0.289 e. The predicted octanol–water partition coefficient (Wildman–Crippen LogP) is 1.91. The van der Waals surface area contributed by atoms with Gasteiger partial charge in [-0.3, -0.25) is 14.5 Å². The third-order valence-electron chi connectivity index (χ3n) is 4.94. The standard InChI is InChI=1S/C20H22N4O3/c25-19-15-5-1-2-6-16(15)21-18(22-19)8-3-9-23-10-12-24(13-11-23)20(26)17-7-4-14-27-17/h1-2,4-7,14H,3,8-13H2,(H,21,22,25). The summed E-state index contributed by atoms with van der Waals surface area (Å²) >= 11 is 0. The first-order valence-corrected chi connectivity index (χ1v) is 9.24. The van der Waals surface area contributed by atoms with Crippen LogP contribution in [0, 0.1) is 0 Å². The Hall–Kier alpha value is -2.93. The lowest BCUT2D eigenvalue weighted by atomic mass is 10.2. The Kier molecular flexibility index (Phi) is 5.02. The summed E-state index contributed by atoms with van der Waals surface area (Å²) in [4.78, 5) is 36.0. The molecule has 0 atom stereocenters. The summed E-state index contributed by atoms with van der Waals surface area (Å²) in [6.45, 7) is 4.00. The van der Waals surface area contributed by atoms with Crippen molar-refractivity contribution in [2.24, 2.45) is 0 Å². The van der Waals surface area contributed by atoms with Gasteiger partial charge in [-0.2, -0.15) is 0 Å². The summed E-state index contributed by atoms with van der Waals surface area (Å²) in [6.07, 6.45) is 3.16. The molecular weight excluding hydrogens is 344 g/mol. The summed E-state index contributed by atoms with van der Waals surface area (Å²) < 4.78 is 5.19. The van der Waals surface area contributed by atoms with Gasteiger partial charge in [0.25, 0.3) is 11.5 Å². The first-order chi connectivity index (χ1) is 13.2. The fourth-order valence-corrected chi connectivity index (χ4v) is 3.45. The Morgan fingerprint density at radius 2 is 1.93 bits per heavy atom. The maximum absolute atomic E-state index is 12.3. The van der Waals surface area contributed by atoms with E-state index in [2.05, 4.69) is 14.9 Å². The molecule has 0 saturated carbocycles. The lowest BCUT2D eigenvalue weighted by molar-refractivity contribution is 0.0605. The summed E-state index contributed by atoms with van der Waals surface area (Å²) in [7, 11) is 0. The fourth-order valence-electron chi connectivity index (χ4n) is 3.45. The number of hydrogen-bond acceptors (Lipinski definition) is 5. The van der Waals surface area contributed by atoms with Crippen LogP contribution in [0.5, 0.6) is 0 Å². The van der Waals surface area contributed by atoms with Gasteiger partial charge in [-0.25, -0.2) is 4.98 Å². The van der Waals surface area contributed by atoms with Crippen molar-refractivity contribution < 1.29 is 9.21 Å². The minimum atomic E-state index is -0.0827. The number of aryl methyl sites for hydroxylation is 1. The van der Waals surface area contributed by atoms with E-state index in [0.717, 1.165) is 43.8 Å². The fraction of sp³-hybridized carbons (Fsp3) is 0.350. The van der Waals surface area contributed by atoms with E-state index in [9.17, 15) is 9.59 Å². The number of piperazine rings is 1. The molecule has 7 nitrogen and oxygen atoms in total. The second-order valence-corrected chi connectivity index (χ2v) is 6.74. The molecular formula is C20H22N4O3. The van der Waals surface area contributed by atoms with Crippen molar-refractivity contribution in [2.45, 2.75) is 12.8 Å². The zero-order valence-corrected chi connectivity index (χ0v) is 15.1. The number of benzene rings is 1. The number of amides is 1. The summed E-state index contributed by atoms with van der Waals surface area (Å²) in [5.74, 6) is 1.08. The Bertz CT molecular complexity index is 972. The van der Waals surface area contributed by atoms with Crippen molar-refractivity contribution in [1.82, 2.24) is 19.8 Å². The van der Waals surface area contributed by atoms with Crippen molar-refractivity contribution in [3.05, 3.63) is 64.6 Å². The second-order valence-electron chi connectivity index (χ2n) is 6.74. The van der Waals surface area contributed by atoms with E-state index in [1.807, 2.05) is 23.1 Å². The highest BCUT2D eigenvalue weighted by atomic mass is 16.3. The van der Waals surface area contributed by atoms with Crippen molar-refractivity contribution in [1.29, 1.82) is 0 Å². The molecule has 0 radical (unpaired) electrons. The van der Waals surface area contributed by atoms with Gasteiger partial charge >= 0.3 is 0 Å². The number of para-hydroxylation sites is 1. The molecule has 1 N–H and O–H groups in total. The number of nitrogens with one attached hydrogen (secondary N) is 1. The summed E-state index contributed by atoms with van der Waals surface area (Å²) in [5, 5.41) is 0.624. The highest BCUT2D eigenvalue weighted by Gasteiger charge is 2.23. The van der Waals surface area contributed by atoms with Gasteiger partial charge in [0.1, 0.15) is 5.82 Å². The van der Waals surface area contributed by atoms with Gasteiger partial charge < -0.3 is 14.3 Å².